The second-order valence-corrected chi connectivity index (χ2v) is 7.84. The van der Waals surface area contributed by atoms with E-state index in [0.717, 1.165) is 10.4 Å². The van der Waals surface area contributed by atoms with Gasteiger partial charge in [0.2, 0.25) is 0 Å². The van der Waals surface area contributed by atoms with Crippen LogP contribution < -0.4 is 20.3 Å². The maximum absolute atomic E-state index is 12.2. The summed E-state index contributed by atoms with van der Waals surface area (Å²) in [6, 6.07) is 15.2. The first-order valence-electron chi connectivity index (χ1n) is 9.25. The molecule has 0 bridgehead atoms. The van der Waals surface area contributed by atoms with Gasteiger partial charge in [-0.25, -0.2) is 4.79 Å². The highest BCUT2D eigenvalue weighted by molar-refractivity contribution is 7.17. The molecule has 166 valence electrons. The third kappa shape index (κ3) is 5.77. The Balaban J connectivity index is 1.49. The Morgan fingerprint density at radius 1 is 0.906 bits per heavy atom. The monoisotopic (exact) mass is 474 g/mol. The fourth-order valence-corrected chi connectivity index (χ4v) is 3.66. The SMILES string of the molecule is COc1ccc(C(=O)NNC(=O)COC(=O)c2ccc(-c3ccc(Cl)cc3)s2)cc1OC. The van der Waals surface area contributed by atoms with E-state index in [9.17, 15) is 14.4 Å². The van der Waals surface area contributed by atoms with Gasteiger partial charge >= 0.3 is 5.97 Å². The molecule has 10 heteroatoms. The fraction of sp³-hybridized carbons (Fsp3) is 0.136. The van der Waals surface area contributed by atoms with E-state index in [1.807, 2.05) is 12.1 Å². The molecule has 8 nitrogen and oxygen atoms in total. The predicted octanol–water partition coefficient (Wildman–Crippen LogP) is 3.70. The van der Waals surface area contributed by atoms with Gasteiger partial charge in [0.05, 0.1) is 14.2 Å². The molecular weight excluding hydrogens is 456 g/mol. The number of benzene rings is 2. The largest absolute Gasteiger partial charge is 0.493 e. The Labute approximate surface area is 193 Å². The van der Waals surface area contributed by atoms with Crippen molar-refractivity contribution >= 4 is 40.7 Å². The molecule has 1 aromatic heterocycles. The molecule has 0 radical (unpaired) electrons. The van der Waals surface area contributed by atoms with Crippen molar-refractivity contribution in [1.29, 1.82) is 0 Å². The molecule has 0 aliphatic heterocycles. The van der Waals surface area contributed by atoms with Crippen LogP contribution in [0.15, 0.2) is 54.6 Å². The molecule has 3 aromatic rings. The average molecular weight is 475 g/mol. The standard InChI is InChI=1S/C22H19ClN2O6S/c1-29-16-8-5-14(11-17(16)30-2)21(27)25-24-20(26)12-31-22(28)19-10-9-18(32-19)13-3-6-15(23)7-4-13/h3-11H,12H2,1-2H3,(H,24,26)(H,25,27). The zero-order valence-corrected chi connectivity index (χ0v) is 18.7. The molecule has 0 unspecified atom stereocenters. The highest BCUT2D eigenvalue weighted by Gasteiger charge is 2.15. The predicted molar refractivity (Wildman–Crippen MR) is 120 cm³/mol. The quantitative estimate of drug-likeness (QED) is 0.400. The van der Waals surface area contributed by atoms with Crippen LogP contribution in [-0.4, -0.2) is 38.6 Å². The number of ether oxygens (including phenoxy) is 3. The molecule has 0 fully saturated rings. The van der Waals surface area contributed by atoms with Crippen LogP contribution in [0.4, 0.5) is 0 Å². The van der Waals surface area contributed by atoms with E-state index in [4.69, 9.17) is 25.8 Å². The summed E-state index contributed by atoms with van der Waals surface area (Å²) in [5.74, 6) is -1.07. The fourth-order valence-electron chi connectivity index (χ4n) is 2.63. The summed E-state index contributed by atoms with van der Waals surface area (Å²) >= 11 is 7.12. The highest BCUT2D eigenvalue weighted by Crippen LogP contribution is 2.29. The topological polar surface area (TPSA) is 103 Å². The lowest BCUT2D eigenvalue weighted by Crippen LogP contribution is -2.43. The Morgan fingerprint density at radius 2 is 1.62 bits per heavy atom. The van der Waals surface area contributed by atoms with Crippen LogP contribution in [0.1, 0.15) is 20.0 Å². The molecule has 0 aliphatic carbocycles. The lowest BCUT2D eigenvalue weighted by molar-refractivity contribution is -0.125. The van der Waals surface area contributed by atoms with Crippen LogP contribution in [0.3, 0.4) is 0 Å². The molecule has 0 saturated carbocycles. The lowest BCUT2D eigenvalue weighted by atomic mass is 10.2. The Bertz CT molecular complexity index is 1130. The minimum absolute atomic E-state index is 0.244. The summed E-state index contributed by atoms with van der Waals surface area (Å²) in [4.78, 5) is 37.6. The van der Waals surface area contributed by atoms with E-state index < -0.39 is 24.4 Å². The van der Waals surface area contributed by atoms with Gasteiger partial charge in [-0.05, 0) is 48.0 Å². The molecule has 0 spiro atoms. The van der Waals surface area contributed by atoms with Gasteiger partial charge in [0.15, 0.2) is 18.1 Å². The number of amides is 2. The van der Waals surface area contributed by atoms with E-state index in [-0.39, 0.29) is 5.56 Å². The van der Waals surface area contributed by atoms with E-state index in [1.165, 1.54) is 37.7 Å². The smallest absolute Gasteiger partial charge is 0.348 e. The van der Waals surface area contributed by atoms with Crippen molar-refractivity contribution in [2.24, 2.45) is 0 Å². The van der Waals surface area contributed by atoms with E-state index in [0.29, 0.717) is 21.4 Å². The third-order valence-corrected chi connectivity index (χ3v) is 5.60. The van der Waals surface area contributed by atoms with Crippen LogP contribution in [0.2, 0.25) is 5.02 Å². The molecule has 32 heavy (non-hydrogen) atoms. The molecule has 2 amide bonds. The molecule has 0 saturated heterocycles. The summed E-state index contributed by atoms with van der Waals surface area (Å²) in [5.41, 5.74) is 5.60. The van der Waals surface area contributed by atoms with Crippen molar-refractivity contribution < 1.29 is 28.6 Å². The van der Waals surface area contributed by atoms with Gasteiger partial charge in [0, 0.05) is 15.5 Å². The van der Waals surface area contributed by atoms with Crippen molar-refractivity contribution in [3.63, 3.8) is 0 Å². The molecule has 1 heterocycles. The second kappa shape index (κ2) is 10.7. The summed E-state index contributed by atoms with van der Waals surface area (Å²) in [6.07, 6.45) is 0. The first-order chi connectivity index (χ1) is 15.4. The third-order valence-electron chi connectivity index (χ3n) is 4.23. The van der Waals surface area contributed by atoms with Gasteiger partial charge in [-0.2, -0.15) is 0 Å². The summed E-state index contributed by atoms with van der Waals surface area (Å²) < 4.78 is 15.3. The normalized spacial score (nSPS) is 10.2. The van der Waals surface area contributed by atoms with Gasteiger partial charge in [0.25, 0.3) is 11.8 Å². The van der Waals surface area contributed by atoms with Crippen molar-refractivity contribution in [2.45, 2.75) is 0 Å². The maximum atomic E-state index is 12.2. The number of hydrogen-bond acceptors (Lipinski definition) is 7. The van der Waals surface area contributed by atoms with Gasteiger partial charge in [-0.3, -0.25) is 20.4 Å². The molecule has 2 aromatic carbocycles. The number of nitrogens with one attached hydrogen (secondary N) is 2. The second-order valence-electron chi connectivity index (χ2n) is 6.32. The van der Waals surface area contributed by atoms with Crippen LogP contribution in [-0.2, 0) is 9.53 Å². The van der Waals surface area contributed by atoms with Crippen LogP contribution >= 0.6 is 22.9 Å². The number of rotatable bonds is 7. The summed E-state index contributed by atoms with van der Waals surface area (Å²) in [7, 11) is 2.93. The van der Waals surface area contributed by atoms with Crippen molar-refractivity contribution in [2.75, 3.05) is 20.8 Å². The molecule has 2 N–H and O–H groups in total. The van der Waals surface area contributed by atoms with Crippen molar-refractivity contribution in [3.8, 4) is 21.9 Å². The number of esters is 1. The Morgan fingerprint density at radius 3 is 2.31 bits per heavy atom. The molecular formula is C22H19ClN2O6S. The number of halogens is 1. The van der Waals surface area contributed by atoms with Crippen molar-refractivity contribution in [1.82, 2.24) is 10.9 Å². The van der Waals surface area contributed by atoms with Gasteiger partial charge in [-0.15, -0.1) is 11.3 Å². The number of carbonyl (C=O) groups excluding carboxylic acids is 3. The minimum atomic E-state index is -0.693. The number of thiophene rings is 1. The van der Waals surface area contributed by atoms with E-state index >= 15 is 0 Å². The van der Waals surface area contributed by atoms with Gasteiger partial charge in [0.1, 0.15) is 4.88 Å². The number of hydrazine groups is 1. The van der Waals surface area contributed by atoms with Gasteiger partial charge in [-0.1, -0.05) is 23.7 Å². The van der Waals surface area contributed by atoms with Crippen LogP contribution in [0, 0.1) is 0 Å². The van der Waals surface area contributed by atoms with Crippen LogP contribution in [0.25, 0.3) is 10.4 Å². The number of carbonyl (C=O) groups is 3. The minimum Gasteiger partial charge on any atom is -0.493 e. The zero-order chi connectivity index (χ0) is 23.1. The zero-order valence-electron chi connectivity index (χ0n) is 17.1. The Kier molecular flexibility index (Phi) is 7.69. The Hall–Kier alpha value is -3.56. The summed E-state index contributed by atoms with van der Waals surface area (Å²) in [6.45, 7) is -0.556. The van der Waals surface area contributed by atoms with Crippen LogP contribution in [0.5, 0.6) is 11.5 Å². The highest BCUT2D eigenvalue weighted by atomic mass is 35.5. The molecule has 0 atom stereocenters. The molecule has 3 rings (SSSR count). The van der Waals surface area contributed by atoms with Crippen molar-refractivity contribution in [3.05, 3.63) is 70.1 Å². The van der Waals surface area contributed by atoms with Gasteiger partial charge < -0.3 is 14.2 Å². The van der Waals surface area contributed by atoms with E-state index in [1.54, 1.807) is 30.3 Å². The average Bonchev–Trinajstić information content (AvgIpc) is 3.31. The number of hydrogen-bond donors (Lipinski definition) is 2. The lowest BCUT2D eigenvalue weighted by Gasteiger charge is -2.10. The maximum Gasteiger partial charge on any atom is 0.348 e. The molecule has 0 aliphatic rings. The first-order valence-corrected chi connectivity index (χ1v) is 10.4. The first kappa shape index (κ1) is 23.1. The van der Waals surface area contributed by atoms with E-state index in [2.05, 4.69) is 10.9 Å². The summed E-state index contributed by atoms with van der Waals surface area (Å²) in [5, 5.41) is 0.620. The number of methoxy groups -OCH3 is 2.